The van der Waals surface area contributed by atoms with E-state index < -0.39 is 0 Å². The molecular weight excluding hydrogens is 428 g/mol. The molecule has 0 bridgehead atoms. The second-order valence-electron chi connectivity index (χ2n) is 9.19. The lowest BCUT2D eigenvalue weighted by Crippen LogP contribution is -2.45. The number of hydrogen-bond acceptors (Lipinski definition) is 6. The molecule has 1 aliphatic rings. The summed E-state index contributed by atoms with van der Waals surface area (Å²) >= 11 is 0. The zero-order valence-electron chi connectivity index (χ0n) is 21.0. The maximum absolute atomic E-state index is 13.2. The minimum Gasteiger partial charge on any atom is -0.382 e. The number of hydrogen-bond donors (Lipinski definition) is 2. The van der Waals surface area contributed by atoms with E-state index in [0.717, 1.165) is 37.8 Å². The SMILES string of the molecule is CCCCCCc1cc(N[C@H](C(=O)NCCCOCC)C2CCCCC2)nc(-n2ccnc2)n1. The van der Waals surface area contributed by atoms with Crippen molar-refractivity contribution in [3.8, 4) is 5.95 Å². The van der Waals surface area contributed by atoms with E-state index in [2.05, 4.69) is 22.5 Å². The van der Waals surface area contributed by atoms with Gasteiger partial charge in [0.15, 0.2) is 0 Å². The van der Waals surface area contributed by atoms with Crippen LogP contribution < -0.4 is 10.6 Å². The quantitative estimate of drug-likeness (QED) is 0.367. The Kier molecular flexibility index (Phi) is 11.3. The molecule has 0 spiro atoms. The lowest BCUT2D eigenvalue weighted by molar-refractivity contribution is -0.123. The van der Waals surface area contributed by atoms with Crippen molar-refractivity contribution in [1.82, 2.24) is 24.8 Å². The summed E-state index contributed by atoms with van der Waals surface area (Å²) in [6, 6.07) is 1.72. The van der Waals surface area contributed by atoms with Crippen LogP contribution in [0.5, 0.6) is 0 Å². The van der Waals surface area contributed by atoms with E-state index in [-0.39, 0.29) is 11.9 Å². The molecule has 34 heavy (non-hydrogen) atoms. The van der Waals surface area contributed by atoms with Crippen molar-refractivity contribution in [2.45, 2.75) is 90.5 Å². The minimum atomic E-state index is -0.300. The van der Waals surface area contributed by atoms with E-state index in [1.54, 1.807) is 12.5 Å². The Morgan fingerprint density at radius 1 is 1.15 bits per heavy atom. The fraction of sp³-hybridized carbons (Fsp3) is 0.692. The number of aromatic nitrogens is 4. The molecule has 2 aromatic heterocycles. The number of aryl methyl sites for hydroxylation is 1. The van der Waals surface area contributed by atoms with Gasteiger partial charge < -0.3 is 15.4 Å². The van der Waals surface area contributed by atoms with Crippen LogP contribution in [-0.2, 0) is 16.0 Å². The maximum Gasteiger partial charge on any atom is 0.242 e. The van der Waals surface area contributed by atoms with Crippen LogP contribution in [0.2, 0.25) is 0 Å². The van der Waals surface area contributed by atoms with Crippen LogP contribution in [0.15, 0.2) is 24.8 Å². The van der Waals surface area contributed by atoms with Gasteiger partial charge in [0.1, 0.15) is 18.2 Å². The normalized spacial score (nSPS) is 15.2. The molecule has 1 atom stereocenters. The second kappa shape index (κ2) is 14.7. The van der Waals surface area contributed by atoms with Crippen LogP contribution in [0, 0.1) is 5.92 Å². The molecule has 2 N–H and O–H groups in total. The summed E-state index contributed by atoms with van der Waals surface area (Å²) in [6.07, 6.45) is 17.5. The monoisotopic (exact) mass is 470 g/mol. The van der Waals surface area contributed by atoms with E-state index >= 15 is 0 Å². The first-order valence-corrected chi connectivity index (χ1v) is 13.2. The van der Waals surface area contributed by atoms with E-state index in [0.29, 0.717) is 37.4 Å². The van der Waals surface area contributed by atoms with E-state index in [4.69, 9.17) is 14.7 Å². The number of ether oxygens (including phenoxy) is 1. The van der Waals surface area contributed by atoms with Crippen molar-refractivity contribution in [2.75, 3.05) is 25.1 Å². The molecule has 1 aliphatic carbocycles. The third kappa shape index (κ3) is 8.38. The number of carbonyl (C=O) groups excluding carboxylic acids is 1. The summed E-state index contributed by atoms with van der Waals surface area (Å²) in [4.78, 5) is 26.9. The smallest absolute Gasteiger partial charge is 0.242 e. The van der Waals surface area contributed by atoms with Crippen molar-refractivity contribution in [1.29, 1.82) is 0 Å². The third-order valence-electron chi connectivity index (χ3n) is 6.47. The second-order valence-corrected chi connectivity index (χ2v) is 9.19. The number of carbonyl (C=O) groups is 1. The summed E-state index contributed by atoms with van der Waals surface area (Å²) in [5.74, 6) is 1.66. The topological polar surface area (TPSA) is 94.0 Å². The Hall–Kier alpha value is -2.48. The molecule has 0 radical (unpaired) electrons. The molecule has 188 valence electrons. The highest BCUT2D eigenvalue weighted by molar-refractivity contribution is 5.84. The van der Waals surface area contributed by atoms with Gasteiger partial charge in [-0.2, -0.15) is 4.98 Å². The fourth-order valence-corrected chi connectivity index (χ4v) is 4.58. The Bertz CT molecular complexity index is 836. The number of unbranched alkanes of at least 4 members (excludes halogenated alkanes) is 3. The van der Waals surface area contributed by atoms with Crippen LogP contribution >= 0.6 is 0 Å². The van der Waals surface area contributed by atoms with E-state index in [1.165, 1.54) is 38.5 Å². The van der Waals surface area contributed by atoms with Gasteiger partial charge in [-0.3, -0.25) is 9.36 Å². The van der Waals surface area contributed by atoms with Crippen molar-refractivity contribution in [2.24, 2.45) is 5.92 Å². The predicted molar refractivity (Wildman–Crippen MR) is 135 cm³/mol. The van der Waals surface area contributed by atoms with Crippen LogP contribution in [0.4, 0.5) is 5.82 Å². The average molecular weight is 471 g/mol. The van der Waals surface area contributed by atoms with Crippen LogP contribution in [0.3, 0.4) is 0 Å². The molecule has 2 aromatic rings. The number of imidazole rings is 1. The summed E-state index contributed by atoms with van der Waals surface area (Å²) in [7, 11) is 0. The molecule has 0 aromatic carbocycles. The minimum absolute atomic E-state index is 0.0516. The Morgan fingerprint density at radius 3 is 2.74 bits per heavy atom. The van der Waals surface area contributed by atoms with Gasteiger partial charge in [-0.25, -0.2) is 9.97 Å². The molecule has 3 rings (SSSR count). The van der Waals surface area contributed by atoms with Gasteiger partial charge in [-0.05, 0) is 44.9 Å². The van der Waals surface area contributed by atoms with Gasteiger partial charge in [0.05, 0.1) is 0 Å². The van der Waals surface area contributed by atoms with Crippen molar-refractivity contribution >= 4 is 11.7 Å². The largest absolute Gasteiger partial charge is 0.382 e. The first-order chi connectivity index (χ1) is 16.7. The first kappa shape index (κ1) is 26.1. The molecule has 2 heterocycles. The first-order valence-electron chi connectivity index (χ1n) is 13.2. The number of amides is 1. The lowest BCUT2D eigenvalue weighted by Gasteiger charge is -2.30. The van der Waals surface area contributed by atoms with Gasteiger partial charge in [-0.1, -0.05) is 45.4 Å². The molecule has 1 fully saturated rings. The molecule has 8 heteroatoms. The number of nitrogens with one attached hydrogen (secondary N) is 2. The molecular formula is C26H42N6O2. The lowest BCUT2D eigenvalue weighted by atomic mass is 9.83. The van der Waals surface area contributed by atoms with E-state index in [1.807, 2.05) is 23.8 Å². The molecule has 1 saturated carbocycles. The van der Waals surface area contributed by atoms with E-state index in [9.17, 15) is 4.79 Å². The molecule has 0 saturated heterocycles. The van der Waals surface area contributed by atoms with Crippen LogP contribution in [-0.4, -0.2) is 51.2 Å². The molecule has 0 aliphatic heterocycles. The van der Waals surface area contributed by atoms with Gasteiger partial charge in [0.25, 0.3) is 0 Å². The summed E-state index contributed by atoms with van der Waals surface area (Å²) in [6.45, 7) is 6.20. The van der Waals surface area contributed by atoms with Gasteiger partial charge in [0, 0.05) is 43.9 Å². The van der Waals surface area contributed by atoms with Gasteiger partial charge in [0.2, 0.25) is 11.9 Å². The van der Waals surface area contributed by atoms with Gasteiger partial charge in [-0.15, -0.1) is 0 Å². The van der Waals surface area contributed by atoms with Crippen LogP contribution in [0.25, 0.3) is 5.95 Å². The number of anilines is 1. The Morgan fingerprint density at radius 2 is 2.00 bits per heavy atom. The molecule has 0 unspecified atom stereocenters. The zero-order valence-corrected chi connectivity index (χ0v) is 21.0. The zero-order chi connectivity index (χ0) is 24.0. The maximum atomic E-state index is 13.2. The highest BCUT2D eigenvalue weighted by Gasteiger charge is 2.30. The number of nitrogens with zero attached hydrogens (tertiary/aromatic N) is 4. The van der Waals surface area contributed by atoms with Gasteiger partial charge >= 0.3 is 0 Å². The molecule has 1 amide bonds. The number of rotatable bonds is 15. The third-order valence-corrected chi connectivity index (χ3v) is 6.47. The summed E-state index contributed by atoms with van der Waals surface area (Å²) in [5, 5.41) is 6.64. The average Bonchev–Trinajstić information content (AvgIpc) is 3.41. The van der Waals surface area contributed by atoms with Crippen molar-refractivity contribution in [3.05, 3.63) is 30.5 Å². The predicted octanol–water partition coefficient (Wildman–Crippen LogP) is 4.69. The highest BCUT2D eigenvalue weighted by atomic mass is 16.5. The summed E-state index contributed by atoms with van der Waals surface area (Å²) in [5.41, 5.74) is 0.997. The Balaban J connectivity index is 1.75. The fourth-order valence-electron chi connectivity index (χ4n) is 4.58. The molecule has 8 nitrogen and oxygen atoms in total. The standard InChI is InChI=1S/C26H42N6O2/c1-3-5-6-10-14-22-19-23(31-26(29-22)32-17-16-27-20-32)30-24(21-12-8-7-9-13-21)25(33)28-15-11-18-34-4-2/h16-17,19-21,24H,3-15,18H2,1-2H3,(H,28,33)(H,29,30,31)/t24-/m0/s1. The van der Waals surface area contributed by atoms with Crippen molar-refractivity contribution in [3.63, 3.8) is 0 Å². The van der Waals surface area contributed by atoms with Crippen LogP contribution in [0.1, 0.15) is 83.7 Å². The van der Waals surface area contributed by atoms with Crippen molar-refractivity contribution < 1.29 is 9.53 Å². The summed E-state index contributed by atoms with van der Waals surface area (Å²) < 4.78 is 7.23. The Labute approximate surface area is 204 Å². The highest BCUT2D eigenvalue weighted by Crippen LogP contribution is 2.28.